The smallest absolute Gasteiger partial charge is 0.324 e. The van der Waals surface area contributed by atoms with Gasteiger partial charge in [0, 0.05) is 7.11 Å². The Morgan fingerprint density at radius 2 is 2.15 bits per heavy atom. The summed E-state index contributed by atoms with van der Waals surface area (Å²) in [6.07, 6.45) is 0. The Kier molecular flexibility index (Phi) is 2.56. The number of nitrogens with zero attached hydrogens (tertiary/aromatic N) is 1. The molecule has 1 heterocycles. The molecule has 0 bridgehead atoms. The molecule has 0 aliphatic carbocycles. The van der Waals surface area contributed by atoms with Crippen molar-refractivity contribution in [1.82, 2.24) is 10.2 Å². The maximum absolute atomic E-state index is 11.1. The fourth-order valence-corrected chi connectivity index (χ4v) is 1.13. The van der Waals surface area contributed by atoms with E-state index in [9.17, 15) is 9.59 Å². The molecular weight excluding hydrogens is 172 g/mol. The molecule has 0 atom stereocenters. The largest absolute Gasteiger partial charge is 0.377 e. The second-order valence-electron chi connectivity index (χ2n) is 3.67. The predicted octanol–water partition coefficient (Wildman–Crippen LogP) is -0.0368. The van der Waals surface area contributed by atoms with Crippen molar-refractivity contribution in [1.29, 1.82) is 0 Å². The van der Waals surface area contributed by atoms with Crippen molar-refractivity contribution in [2.45, 2.75) is 19.4 Å². The Morgan fingerprint density at radius 3 is 2.54 bits per heavy atom. The first-order chi connectivity index (χ1) is 5.94. The molecule has 1 aliphatic rings. The third-order valence-electron chi connectivity index (χ3n) is 1.99. The summed E-state index contributed by atoms with van der Waals surface area (Å²) in [6.45, 7) is 4.28. The van der Waals surface area contributed by atoms with Crippen molar-refractivity contribution < 1.29 is 14.3 Å². The maximum atomic E-state index is 11.1. The van der Waals surface area contributed by atoms with Crippen LogP contribution in [0, 0.1) is 0 Å². The van der Waals surface area contributed by atoms with Crippen LogP contribution in [0.15, 0.2) is 0 Å². The minimum Gasteiger partial charge on any atom is -0.377 e. The Hall–Kier alpha value is -1.10. The summed E-state index contributed by atoms with van der Waals surface area (Å²) in [4.78, 5) is 23.4. The number of imide groups is 1. The van der Waals surface area contributed by atoms with Gasteiger partial charge in [-0.3, -0.25) is 10.1 Å². The van der Waals surface area contributed by atoms with Gasteiger partial charge in [-0.2, -0.15) is 0 Å². The summed E-state index contributed by atoms with van der Waals surface area (Å²) >= 11 is 0. The lowest BCUT2D eigenvalue weighted by atomic mass is 10.1. The number of nitrogens with one attached hydrogen (secondary N) is 1. The van der Waals surface area contributed by atoms with Crippen LogP contribution in [0.3, 0.4) is 0 Å². The standard InChI is InChI=1S/C8H14N2O3/c1-8(2,13-3)5-10-4-6(11)9-7(10)12/h4-5H2,1-3H3,(H,9,11,12). The first-order valence-corrected chi connectivity index (χ1v) is 4.08. The van der Waals surface area contributed by atoms with Gasteiger partial charge >= 0.3 is 6.03 Å². The Labute approximate surface area is 77.0 Å². The van der Waals surface area contributed by atoms with Crippen LogP contribution in [-0.2, 0) is 9.53 Å². The lowest BCUT2D eigenvalue weighted by Crippen LogP contribution is -2.41. The van der Waals surface area contributed by atoms with E-state index in [1.54, 1.807) is 7.11 Å². The minimum absolute atomic E-state index is 0.131. The van der Waals surface area contributed by atoms with Gasteiger partial charge in [0.15, 0.2) is 0 Å². The van der Waals surface area contributed by atoms with Gasteiger partial charge in [-0.05, 0) is 13.8 Å². The number of urea groups is 1. The fourth-order valence-electron chi connectivity index (χ4n) is 1.13. The molecule has 1 fully saturated rings. The van der Waals surface area contributed by atoms with Gasteiger partial charge in [-0.15, -0.1) is 0 Å². The van der Waals surface area contributed by atoms with Crippen LogP contribution in [0.5, 0.6) is 0 Å². The number of ether oxygens (including phenoxy) is 1. The average Bonchev–Trinajstić information content (AvgIpc) is 2.30. The molecule has 74 valence electrons. The van der Waals surface area contributed by atoms with Crippen LogP contribution in [0.25, 0.3) is 0 Å². The minimum atomic E-state index is -0.415. The van der Waals surface area contributed by atoms with Gasteiger partial charge in [-0.25, -0.2) is 4.79 Å². The number of amides is 3. The van der Waals surface area contributed by atoms with E-state index < -0.39 is 5.60 Å². The fraction of sp³-hybridized carbons (Fsp3) is 0.750. The molecule has 1 rings (SSSR count). The van der Waals surface area contributed by atoms with Crippen LogP contribution in [0.2, 0.25) is 0 Å². The highest BCUT2D eigenvalue weighted by atomic mass is 16.5. The van der Waals surface area contributed by atoms with Gasteiger partial charge < -0.3 is 9.64 Å². The highest BCUT2D eigenvalue weighted by molar-refractivity contribution is 6.01. The third-order valence-corrected chi connectivity index (χ3v) is 1.99. The Balaban J connectivity index is 2.55. The maximum Gasteiger partial charge on any atom is 0.324 e. The first kappa shape index (κ1) is 9.98. The summed E-state index contributed by atoms with van der Waals surface area (Å²) in [5, 5.41) is 2.21. The van der Waals surface area contributed by atoms with Gasteiger partial charge in [-0.1, -0.05) is 0 Å². The summed E-state index contributed by atoms with van der Waals surface area (Å²) < 4.78 is 5.15. The van der Waals surface area contributed by atoms with Crippen molar-refractivity contribution in [3.8, 4) is 0 Å². The molecule has 0 aromatic rings. The molecule has 0 spiro atoms. The molecule has 5 heteroatoms. The SMILES string of the molecule is COC(C)(C)CN1CC(=O)NC1=O. The average molecular weight is 186 g/mol. The van der Waals surface area contributed by atoms with E-state index in [2.05, 4.69) is 5.32 Å². The molecule has 0 radical (unpaired) electrons. The molecule has 1 aliphatic heterocycles. The zero-order valence-corrected chi connectivity index (χ0v) is 8.09. The highest BCUT2D eigenvalue weighted by Crippen LogP contribution is 2.11. The van der Waals surface area contributed by atoms with Crippen molar-refractivity contribution >= 4 is 11.9 Å². The summed E-state index contributed by atoms with van der Waals surface area (Å²) in [7, 11) is 1.58. The van der Waals surface area contributed by atoms with E-state index in [-0.39, 0.29) is 18.5 Å². The van der Waals surface area contributed by atoms with Gasteiger partial charge in [0.05, 0.1) is 12.1 Å². The number of rotatable bonds is 3. The van der Waals surface area contributed by atoms with E-state index >= 15 is 0 Å². The Bertz CT molecular complexity index is 238. The van der Waals surface area contributed by atoms with Crippen LogP contribution in [-0.4, -0.2) is 42.6 Å². The Morgan fingerprint density at radius 1 is 1.54 bits per heavy atom. The van der Waals surface area contributed by atoms with Crippen LogP contribution < -0.4 is 5.32 Å². The zero-order chi connectivity index (χ0) is 10.1. The number of carbonyl (C=O) groups is 2. The molecule has 1 saturated heterocycles. The molecule has 1 N–H and O–H groups in total. The van der Waals surface area contributed by atoms with Crippen molar-refractivity contribution in [3.05, 3.63) is 0 Å². The van der Waals surface area contributed by atoms with E-state index in [0.29, 0.717) is 6.54 Å². The molecule has 0 saturated carbocycles. The summed E-state index contributed by atoms with van der Waals surface area (Å²) in [5.74, 6) is -0.253. The summed E-state index contributed by atoms with van der Waals surface area (Å²) in [6, 6.07) is -0.338. The lowest BCUT2D eigenvalue weighted by molar-refractivity contribution is -0.118. The number of hydrogen-bond acceptors (Lipinski definition) is 3. The van der Waals surface area contributed by atoms with Crippen molar-refractivity contribution in [2.75, 3.05) is 20.2 Å². The van der Waals surface area contributed by atoms with E-state index in [1.165, 1.54) is 4.90 Å². The van der Waals surface area contributed by atoms with Gasteiger partial charge in [0.2, 0.25) is 5.91 Å². The quantitative estimate of drug-likeness (QED) is 0.629. The molecule has 3 amide bonds. The molecule has 0 unspecified atom stereocenters. The first-order valence-electron chi connectivity index (χ1n) is 4.08. The second kappa shape index (κ2) is 3.33. The molecule has 0 aromatic heterocycles. The second-order valence-corrected chi connectivity index (χ2v) is 3.67. The topological polar surface area (TPSA) is 58.6 Å². The van der Waals surface area contributed by atoms with Crippen LogP contribution in [0.4, 0.5) is 4.79 Å². The molecule has 5 nitrogen and oxygen atoms in total. The number of hydrogen-bond donors (Lipinski definition) is 1. The number of carbonyl (C=O) groups excluding carboxylic acids is 2. The predicted molar refractivity (Wildman–Crippen MR) is 46.2 cm³/mol. The monoisotopic (exact) mass is 186 g/mol. The number of methoxy groups -OCH3 is 1. The van der Waals surface area contributed by atoms with E-state index in [0.717, 1.165) is 0 Å². The van der Waals surface area contributed by atoms with Crippen molar-refractivity contribution in [2.24, 2.45) is 0 Å². The molecular formula is C8H14N2O3. The molecule has 13 heavy (non-hydrogen) atoms. The van der Waals surface area contributed by atoms with Crippen molar-refractivity contribution in [3.63, 3.8) is 0 Å². The van der Waals surface area contributed by atoms with Gasteiger partial charge in [0.1, 0.15) is 6.54 Å². The lowest BCUT2D eigenvalue weighted by Gasteiger charge is -2.27. The third kappa shape index (κ3) is 2.42. The summed E-state index contributed by atoms with van der Waals surface area (Å²) in [5.41, 5.74) is -0.415. The molecule has 0 aromatic carbocycles. The van der Waals surface area contributed by atoms with Crippen LogP contribution in [0.1, 0.15) is 13.8 Å². The van der Waals surface area contributed by atoms with Gasteiger partial charge in [0.25, 0.3) is 0 Å². The normalized spacial score (nSPS) is 17.9. The highest BCUT2D eigenvalue weighted by Gasteiger charge is 2.31. The van der Waals surface area contributed by atoms with E-state index in [4.69, 9.17) is 4.74 Å². The van der Waals surface area contributed by atoms with E-state index in [1.807, 2.05) is 13.8 Å². The zero-order valence-electron chi connectivity index (χ0n) is 8.09. The van der Waals surface area contributed by atoms with Crippen LogP contribution >= 0.6 is 0 Å².